The first-order valence-electron chi connectivity index (χ1n) is 11.0. The van der Waals surface area contributed by atoms with Gasteiger partial charge in [-0.15, -0.1) is 0 Å². The van der Waals surface area contributed by atoms with Crippen LogP contribution in [0.15, 0.2) is 0 Å². The third-order valence-corrected chi connectivity index (χ3v) is 11.2. The Balaban J connectivity index is 3.44. The van der Waals surface area contributed by atoms with E-state index >= 15 is 0 Å². The number of amides is 2. The number of carbonyl (C=O) groups excluding carboxylic acids is 2. The molecular formula is C22H43N2O2Ti. The van der Waals surface area contributed by atoms with E-state index in [0.29, 0.717) is 24.7 Å². The molecule has 1 aliphatic carbocycles. The number of hydrogen-bond donors (Lipinski definition) is 2. The standard InChI is InChI=1S/C20H37N2O2.2CH3.Ti/c1-7-14(5)20(15(6)8-2)12-16(21-18(23)9-3)11-17(13-20)22-19(24)10-4;;;/h14-16H,7-13H2,1-6H3,(H,21,23)(H,22,24);2*1H3;. The zero-order valence-corrected chi connectivity index (χ0v) is 20.6. The van der Waals surface area contributed by atoms with E-state index in [1.807, 2.05) is 13.8 Å². The van der Waals surface area contributed by atoms with Crippen molar-refractivity contribution in [2.75, 3.05) is 0 Å². The molecular weight excluding hydrogens is 372 g/mol. The van der Waals surface area contributed by atoms with Gasteiger partial charge in [-0.05, 0) is 0 Å². The molecule has 4 nitrogen and oxygen atoms in total. The predicted molar refractivity (Wildman–Crippen MR) is 110 cm³/mol. The van der Waals surface area contributed by atoms with Crippen molar-refractivity contribution >= 4 is 11.8 Å². The molecule has 0 aromatic carbocycles. The van der Waals surface area contributed by atoms with Gasteiger partial charge in [-0.2, -0.15) is 0 Å². The third-order valence-electron chi connectivity index (χ3n) is 7.38. The second-order valence-electron chi connectivity index (χ2n) is 9.04. The summed E-state index contributed by atoms with van der Waals surface area (Å²) in [5.41, 5.74) is 0.165. The normalized spacial score (nSPS) is 30.3. The summed E-state index contributed by atoms with van der Waals surface area (Å²) in [5.74, 6) is 1.44. The van der Waals surface area contributed by atoms with Crippen LogP contribution in [-0.4, -0.2) is 21.7 Å². The SMILES string of the molecule is CCC(=O)NC1CC(C(C)CC)(C(C)CC)C[C](NC(=O)CC)([Ti]([CH3])[CH3])C1. The Morgan fingerprint density at radius 1 is 0.963 bits per heavy atom. The van der Waals surface area contributed by atoms with E-state index in [9.17, 15) is 9.59 Å². The van der Waals surface area contributed by atoms with Crippen molar-refractivity contribution in [2.45, 2.75) is 107 Å². The minimum atomic E-state index is -1.53. The van der Waals surface area contributed by atoms with Crippen LogP contribution in [0.3, 0.4) is 0 Å². The zero-order valence-electron chi connectivity index (χ0n) is 19.0. The molecule has 1 aliphatic rings. The number of hydrogen-bond acceptors (Lipinski definition) is 2. The van der Waals surface area contributed by atoms with E-state index in [-0.39, 0.29) is 27.1 Å². The summed E-state index contributed by atoms with van der Waals surface area (Å²) in [5, 5.41) is 11.6. The van der Waals surface area contributed by atoms with Gasteiger partial charge in [0.2, 0.25) is 0 Å². The Morgan fingerprint density at radius 3 is 1.89 bits per heavy atom. The summed E-state index contributed by atoms with van der Waals surface area (Å²) < 4.78 is -0.0934. The van der Waals surface area contributed by atoms with Gasteiger partial charge in [0, 0.05) is 0 Å². The van der Waals surface area contributed by atoms with Crippen LogP contribution in [0.2, 0.25) is 10.5 Å². The molecule has 0 aromatic heterocycles. The van der Waals surface area contributed by atoms with Gasteiger partial charge in [0.15, 0.2) is 0 Å². The average Bonchev–Trinajstić information content (AvgIpc) is 2.65. The molecule has 2 amide bonds. The second-order valence-corrected chi connectivity index (χ2v) is 13.7. The molecule has 0 radical (unpaired) electrons. The fourth-order valence-corrected chi connectivity index (χ4v) is 7.79. The number of rotatable bonds is 9. The van der Waals surface area contributed by atoms with Gasteiger partial charge in [0.1, 0.15) is 0 Å². The van der Waals surface area contributed by atoms with E-state index in [4.69, 9.17) is 0 Å². The summed E-state index contributed by atoms with van der Waals surface area (Å²) in [7, 11) is 0. The number of carbonyl (C=O) groups is 2. The van der Waals surface area contributed by atoms with Crippen molar-refractivity contribution in [1.29, 1.82) is 0 Å². The molecule has 27 heavy (non-hydrogen) atoms. The van der Waals surface area contributed by atoms with Crippen LogP contribution in [0, 0.1) is 17.3 Å². The van der Waals surface area contributed by atoms with Gasteiger partial charge in [0.05, 0.1) is 0 Å². The molecule has 0 spiro atoms. The van der Waals surface area contributed by atoms with Gasteiger partial charge in [-0.1, -0.05) is 0 Å². The maximum atomic E-state index is 12.5. The fourth-order valence-electron chi connectivity index (χ4n) is 5.10. The van der Waals surface area contributed by atoms with E-state index in [0.717, 1.165) is 32.1 Å². The monoisotopic (exact) mass is 415 g/mol. The summed E-state index contributed by atoms with van der Waals surface area (Å²) >= 11 is -1.53. The zero-order chi connectivity index (χ0) is 20.8. The Hall–Kier alpha value is -0.346. The van der Waals surface area contributed by atoms with Gasteiger partial charge in [0.25, 0.3) is 0 Å². The van der Waals surface area contributed by atoms with Crippen molar-refractivity contribution in [2.24, 2.45) is 17.3 Å². The Kier molecular flexibility index (Phi) is 9.54. The van der Waals surface area contributed by atoms with Crippen molar-refractivity contribution in [1.82, 2.24) is 10.6 Å². The molecule has 2 N–H and O–H groups in total. The van der Waals surface area contributed by atoms with E-state index in [1.54, 1.807) is 0 Å². The van der Waals surface area contributed by atoms with Gasteiger partial charge in [-0.3, -0.25) is 0 Å². The fraction of sp³-hybridized carbons (Fsp3) is 0.909. The van der Waals surface area contributed by atoms with Crippen molar-refractivity contribution in [3.63, 3.8) is 0 Å². The van der Waals surface area contributed by atoms with Crippen molar-refractivity contribution in [3.05, 3.63) is 0 Å². The minimum absolute atomic E-state index is 0.0934. The van der Waals surface area contributed by atoms with Gasteiger partial charge >= 0.3 is 174 Å². The summed E-state index contributed by atoms with van der Waals surface area (Å²) in [4.78, 5) is 24.7. The first-order chi connectivity index (χ1) is 12.6. The molecule has 4 atom stereocenters. The average molecular weight is 415 g/mol. The van der Waals surface area contributed by atoms with Gasteiger partial charge in [-0.25, -0.2) is 0 Å². The topological polar surface area (TPSA) is 58.2 Å². The Bertz CT molecular complexity index is 499. The molecule has 1 fully saturated rings. The molecule has 1 rings (SSSR count). The molecule has 0 bridgehead atoms. The predicted octanol–water partition coefficient (Wildman–Crippen LogP) is 5.08. The molecule has 4 unspecified atom stereocenters. The van der Waals surface area contributed by atoms with E-state index in [2.05, 4.69) is 48.8 Å². The molecule has 0 aliphatic heterocycles. The van der Waals surface area contributed by atoms with E-state index in [1.165, 1.54) is 0 Å². The molecule has 0 saturated heterocycles. The van der Waals surface area contributed by atoms with Crippen LogP contribution >= 0.6 is 0 Å². The van der Waals surface area contributed by atoms with Crippen LogP contribution < -0.4 is 10.6 Å². The van der Waals surface area contributed by atoms with Gasteiger partial charge < -0.3 is 0 Å². The first kappa shape index (κ1) is 24.7. The summed E-state index contributed by atoms with van der Waals surface area (Å²) in [6.45, 7) is 13.2. The maximum absolute atomic E-state index is 12.5. The molecule has 1 saturated carbocycles. The quantitative estimate of drug-likeness (QED) is 0.516. The second kappa shape index (κ2) is 10.4. The number of nitrogens with one attached hydrogen (secondary N) is 2. The molecule has 0 heterocycles. The molecule has 157 valence electrons. The van der Waals surface area contributed by atoms with Crippen LogP contribution in [0.1, 0.15) is 86.5 Å². The Morgan fingerprint density at radius 2 is 1.48 bits per heavy atom. The Labute approximate surface area is 173 Å². The first-order valence-corrected chi connectivity index (χ1v) is 14.9. The van der Waals surface area contributed by atoms with E-state index < -0.39 is 17.9 Å². The summed E-state index contributed by atoms with van der Waals surface area (Å²) in [6, 6.07) is 0.161. The van der Waals surface area contributed by atoms with Crippen molar-refractivity contribution in [3.8, 4) is 0 Å². The van der Waals surface area contributed by atoms with Crippen molar-refractivity contribution < 1.29 is 27.5 Å². The molecule has 0 aromatic rings. The van der Waals surface area contributed by atoms with Crippen LogP contribution in [-0.2, 0) is 27.5 Å². The third kappa shape index (κ3) is 5.59. The summed E-state index contributed by atoms with van der Waals surface area (Å²) in [6.07, 6.45) is 6.35. The van der Waals surface area contributed by atoms with Crippen LogP contribution in [0.5, 0.6) is 0 Å². The van der Waals surface area contributed by atoms with Crippen LogP contribution in [0.4, 0.5) is 0 Å². The van der Waals surface area contributed by atoms with Crippen LogP contribution in [0.25, 0.3) is 0 Å². The molecule has 5 heteroatoms.